The Kier molecular flexibility index (Phi) is 58.7. The zero-order valence-corrected chi connectivity index (χ0v) is 48.4. The number of esters is 3. The molecule has 0 aliphatic rings. The number of ether oxygens (including phenoxy) is 3. The van der Waals surface area contributed by atoms with Crippen LogP contribution >= 0.6 is 0 Å². The van der Waals surface area contributed by atoms with Crippen molar-refractivity contribution in [2.75, 3.05) is 13.2 Å². The SMILES string of the molecule is CC/C=C\C/C=C\C/C=C\C/C=C\C/C=C\CCCCCCCCCC(=O)OCC(COC(=O)CCCCCCCCCCCCCCCCCC)OC(=O)CCCCCCC/C=C\CCCCCCCCC. The van der Waals surface area contributed by atoms with Gasteiger partial charge in [0.2, 0.25) is 0 Å². The van der Waals surface area contributed by atoms with Gasteiger partial charge in [0.25, 0.3) is 0 Å². The molecule has 0 saturated heterocycles. The van der Waals surface area contributed by atoms with E-state index in [9.17, 15) is 14.4 Å². The van der Waals surface area contributed by atoms with E-state index < -0.39 is 6.10 Å². The fourth-order valence-electron chi connectivity index (χ4n) is 9.00. The van der Waals surface area contributed by atoms with Crippen molar-refractivity contribution in [1.82, 2.24) is 0 Å². The van der Waals surface area contributed by atoms with Crippen LogP contribution in [0.3, 0.4) is 0 Å². The van der Waals surface area contributed by atoms with Crippen molar-refractivity contribution in [1.29, 1.82) is 0 Å². The zero-order chi connectivity index (χ0) is 52.9. The highest BCUT2D eigenvalue weighted by Crippen LogP contribution is 2.16. The van der Waals surface area contributed by atoms with Crippen LogP contribution in [-0.2, 0) is 28.6 Å². The molecule has 0 aliphatic carbocycles. The van der Waals surface area contributed by atoms with E-state index in [-0.39, 0.29) is 31.1 Å². The van der Waals surface area contributed by atoms with E-state index >= 15 is 0 Å². The lowest BCUT2D eigenvalue weighted by molar-refractivity contribution is -0.167. The summed E-state index contributed by atoms with van der Waals surface area (Å²) in [5.41, 5.74) is 0. The molecule has 422 valence electrons. The van der Waals surface area contributed by atoms with Gasteiger partial charge in [-0.05, 0) is 89.9 Å². The third-order valence-corrected chi connectivity index (χ3v) is 13.7. The molecule has 0 aromatic rings. The molecule has 0 fully saturated rings. The molecule has 0 radical (unpaired) electrons. The summed E-state index contributed by atoms with van der Waals surface area (Å²) >= 11 is 0. The molecular weight excluding hydrogens is 901 g/mol. The fourth-order valence-corrected chi connectivity index (χ4v) is 9.00. The number of allylic oxidation sites excluding steroid dienone is 12. The molecule has 0 rings (SSSR count). The van der Waals surface area contributed by atoms with E-state index in [0.717, 1.165) is 109 Å². The second-order valence-corrected chi connectivity index (χ2v) is 20.9. The smallest absolute Gasteiger partial charge is 0.306 e. The van der Waals surface area contributed by atoms with Gasteiger partial charge in [-0.3, -0.25) is 14.4 Å². The van der Waals surface area contributed by atoms with Crippen molar-refractivity contribution in [3.8, 4) is 0 Å². The van der Waals surface area contributed by atoms with Crippen LogP contribution in [0.25, 0.3) is 0 Å². The van der Waals surface area contributed by atoms with Gasteiger partial charge in [-0.2, -0.15) is 0 Å². The molecule has 1 atom stereocenters. The average molecular weight is 1020 g/mol. The molecule has 0 spiro atoms. The number of carbonyl (C=O) groups excluding carboxylic acids is 3. The molecule has 0 saturated carbocycles. The Morgan fingerprint density at radius 1 is 0.288 bits per heavy atom. The Morgan fingerprint density at radius 3 is 0.849 bits per heavy atom. The maximum Gasteiger partial charge on any atom is 0.306 e. The van der Waals surface area contributed by atoms with Crippen molar-refractivity contribution >= 4 is 17.9 Å². The highest BCUT2D eigenvalue weighted by molar-refractivity contribution is 5.71. The van der Waals surface area contributed by atoms with Crippen LogP contribution < -0.4 is 0 Å². The van der Waals surface area contributed by atoms with Crippen molar-refractivity contribution in [3.05, 3.63) is 72.9 Å². The molecule has 0 N–H and O–H groups in total. The molecule has 1 unspecified atom stereocenters. The Bertz CT molecular complexity index is 1360. The van der Waals surface area contributed by atoms with Gasteiger partial charge < -0.3 is 14.2 Å². The van der Waals surface area contributed by atoms with Gasteiger partial charge in [-0.25, -0.2) is 0 Å². The van der Waals surface area contributed by atoms with Crippen molar-refractivity contribution < 1.29 is 28.6 Å². The van der Waals surface area contributed by atoms with Gasteiger partial charge in [-0.15, -0.1) is 0 Å². The minimum Gasteiger partial charge on any atom is -0.462 e. The summed E-state index contributed by atoms with van der Waals surface area (Å²) in [7, 11) is 0. The Morgan fingerprint density at radius 2 is 0.534 bits per heavy atom. The minimum absolute atomic E-state index is 0.0791. The normalized spacial score (nSPS) is 12.5. The van der Waals surface area contributed by atoms with Gasteiger partial charge in [0.15, 0.2) is 6.10 Å². The zero-order valence-electron chi connectivity index (χ0n) is 48.4. The van der Waals surface area contributed by atoms with E-state index in [1.165, 1.54) is 167 Å². The lowest BCUT2D eigenvalue weighted by Gasteiger charge is -2.18. The van der Waals surface area contributed by atoms with E-state index in [4.69, 9.17) is 14.2 Å². The number of unbranched alkanes of at least 4 members (excludes halogenated alkanes) is 34. The minimum atomic E-state index is -0.784. The number of hydrogen-bond donors (Lipinski definition) is 0. The van der Waals surface area contributed by atoms with E-state index in [1.807, 2.05) is 0 Å². The largest absolute Gasteiger partial charge is 0.462 e. The first-order chi connectivity index (χ1) is 36.0. The van der Waals surface area contributed by atoms with Crippen molar-refractivity contribution in [3.63, 3.8) is 0 Å². The maximum absolute atomic E-state index is 12.9. The van der Waals surface area contributed by atoms with Crippen LogP contribution in [0.15, 0.2) is 72.9 Å². The maximum atomic E-state index is 12.9. The molecule has 0 heterocycles. The summed E-state index contributed by atoms with van der Waals surface area (Å²) in [5, 5.41) is 0. The molecule has 6 heteroatoms. The van der Waals surface area contributed by atoms with Crippen molar-refractivity contribution in [2.45, 2.75) is 322 Å². The van der Waals surface area contributed by atoms with Gasteiger partial charge in [0.1, 0.15) is 13.2 Å². The Labute approximate surface area is 453 Å². The van der Waals surface area contributed by atoms with Crippen molar-refractivity contribution in [2.24, 2.45) is 0 Å². The molecule has 73 heavy (non-hydrogen) atoms. The predicted molar refractivity (Wildman–Crippen MR) is 316 cm³/mol. The summed E-state index contributed by atoms with van der Waals surface area (Å²) in [5.74, 6) is -0.883. The molecular formula is C67H118O6. The van der Waals surface area contributed by atoms with Crippen LogP contribution in [-0.4, -0.2) is 37.2 Å². The third-order valence-electron chi connectivity index (χ3n) is 13.7. The predicted octanol–water partition coefficient (Wildman–Crippen LogP) is 21.3. The third kappa shape index (κ3) is 59.6. The molecule has 0 aromatic heterocycles. The number of hydrogen-bond acceptors (Lipinski definition) is 6. The highest BCUT2D eigenvalue weighted by atomic mass is 16.6. The molecule has 6 nitrogen and oxygen atoms in total. The second-order valence-electron chi connectivity index (χ2n) is 20.9. The fraction of sp³-hybridized carbons (Fsp3) is 0.776. The van der Waals surface area contributed by atoms with E-state index in [2.05, 4.69) is 93.7 Å². The summed E-state index contributed by atoms with van der Waals surface area (Å²) in [6, 6.07) is 0. The second kappa shape index (κ2) is 61.4. The summed E-state index contributed by atoms with van der Waals surface area (Å²) in [4.78, 5) is 38.3. The van der Waals surface area contributed by atoms with Crippen LogP contribution in [0, 0.1) is 0 Å². The Balaban J connectivity index is 4.37. The van der Waals surface area contributed by atoms with E-state index in [0.29, 0.717) is 19.3 Å². The van der Waals surface area contributed by atoms with Crippen LogP contribution in [0.4, 0.5) is 0 Å². The quantitative estimate of drug-likeness (QED) is 0.0261. The number of rotatable bonds is 57. The lowest BCUT2D eigenvalue weighted by atomic mass is 10.0. The first-order valence-electron chi connectivity index (χ1n) is 31.4. The summed E-state index contributed by atoms with van der Waals surface area (Å²) < 4.78 is 16.9. The molecule has 0 aliphatic heterocycles. The first kappa shape index (κ1) is 69.8. The van der Waals surface area contributed by atoms with Crippen LogP contribution in [0.5, 0.6) is 0 Å². The average Bonchev–Trinajstić information content (AvgIpc) is 3.39. The van der Waals surface area contributed by atoms with E-state index in [1.54, 1.807) is 0 Å². The first-order valence-corrected chi connectivity index (χ1v) is 31.4. The Hall–Kier alpha value is -3.15. The number of carbonyl (C=O) groups is 3. The highest BCUT2D eigenvalue weighted by Gasteiger charge is 2.19. The van der Waals surface area contributed by atoms with Gasteiger partial charge >= 0.3 is 17.9 Å². The molecule has 0 amide bonds. The van der Waals surface area contributed by atoms with Crippen LogP contribution in [0.2, 0.25) is 0 Å². The summed E-state index contributed by atoms with van der Waals surface area (Å²) in [6.07, 6.45) is 79.0. The summed E-state index contributed by atoms with van der Waals surface area (Å²) in [6.45, 7) is 6.55. The van der Waals surface area contributed by atoms with Crippen LogP contribution in [0.1, 0.15) is 316 Å². The van der Waals surface area contributed by atoms with Gasteiger partial charge in [-0.1, -0.05) is 280 Å². The lowest BCUT2D eigenvalue weighted by Crippen LogP contribution is -2.30. The molecule has 0 aromatic carbocycles. The topological polar surface area (TPSA) is 78.9 Å². The van der Waals surface area contributed by atoms with Gasteiger partial charge in [0.05, 0.1) is 0 Å². The molecule has 0 bridgehead atoms. The monoisotopic (exact) mass is 1020 g/mol. The van der Waals surface area contributed by atoms with Gasteiger partial charge in [0, 0.05) is 19.3 Å². The standard InChI is InChI=1S/C67H118O6/c1-4-7-10-13-16-19-22-25-28-31-32-33-34-35-36-37-40-42-45-48-51-54-57-60-66(69)72-63-64(73-67(70)61-58-55-52-49-46-43-39-30-27-24-21-18-15-12-9-6-3)62-71-65(68)59-56-53-50-47-44-41-38-29-26-23-20-17-14-11-8-5-2/h7,10,16,19,25,28,30,32-33,35-36,39,64H,4-6,8-9,11-15,17-18,20-24,26-27,29,31,34,37-38,40-63H2,1-3H3/b10-7-,19-16-,28-25-,33-32-,36-35-,39-30-.